The van der Waals surface area contributed by atoms with Gasteiger partial charge in [-0.15, -0.1) is 0 Å². The van der Waals surface area contributed by atoms with E-state index in [1.54, 1.807) is 0 Å². The molecule has 1 aliphatic carbocycles. The SMILES string of the molecule is NC(CO)(CN1CCC(N2CCCCC2)CC1)C1CC1. The average molecular weight is 281 g/mol. The molecular formula is C16H31N3O. The molecule has 0 aromatic heterocycles. The molecule has 0 spiro atoms. The van der Waals surface area contributed by atoms with E-state index >= 15 is 0 Å². The van der Waals surface area contributed by atoms with Gasteiger partial charge in [-0.3, -0.25) is 0 Å². The van der Waals surface area contributed by atoms with Gasteiger partial charge in [-0.2, -0.15) is 0 Å². The summed E-state index contributed by atoms with van der Waals surface area (Å²) < 4.78 is 0. The monoisotopic (exact) mass is 281 g/mol. The van der Waals surface area contributed by atoms with Gasteiger partial charge >= 0.3 is 0 Å². The average Bonchev–Trinajstić information content (AvgIpc) is 3.34. The second-order valence-corrected chi connectivity index (χ2v) is 7.27. The number of rotatable bonds is 5. The third-order valence-corrected chi connectivity index (χ3v) is 5.67. The number of hydrogen-bond donors (Lipinski definition) is 2. The Bertz CT molecular complexity index is 307. The van der Waals surface area contributed by atoms with Gasteiger partial charge in [-0.25, -0.2) is 0 Å². The largest absolute Gasteiger partial charge is 0.394 e. The molecule has 0 bridgehead atoms. The van der Waals surface area contributed by atoms with Gasteiger partial charge in [0.15, 0.2) is 0 Å². The van der Waals surface area contributed by atoms with Crippen LogP contribution in [0.1, 0.15) is 44.9 Å². The fourth-order valence-electron chi connectivity index (χ4n) is 4.11. The van der Waals surface area contributed by atoms with Crippen molar-refractivity contribution in [1.29, 1.82) is 0 Å². The number of aliphatic hydroxyl groups excluding tert-OH is 1. The van der Waals surface area contributed by atoms with Crippen LogP contribution < -0.4 is 5.73 Å². The van der Waals surface area contributed by atoms with Gasteiger partial charge in [-0.05, 0) is 70.6 Å². The molecule has 4 heteroatoms. The Balaban J connectivity index is 1.45. The van der Waals surface area contributed by atoms with Crippen LogP contribution in [-0.4, -0.2) is 65.8 Å². The van der Waals surface area contributed by atoms with Crippen molar-refractivity contribution >= 4 is 0 Å². The van der Waals surface area contributed by atoms with Crippen LogP contribution in [0.5, 0.6) is 0 Å². The summed E-state index contributed by atoms with van der Waals surface area (Å²) in [5.74, 6) is 0.562. The van der Waals surface area contributed by atoms with E-state index < -0.39 is 0 Å². The molecule has 2 aliphatic heterocycles. The molecule has 0 radical (unpaired) electrons. The van der Waals surface area contributed by atoms with Crippen molar-refractivity contribution in [2.45, 2.75) is 56.5 Å². The summed E-state index contributed by atoms with van der Waals surface area (Å²) in [6, 6.07) is 0.800. The Morgan fingerprint density at radius 3 is 2.15 bits per heavy atom. The molecule has 4 nitrogen and oxygen atoms in total. The Hall–Kier alpha value is -0.160. The quantitative estimate of drug-likeness (QED) is 0.790. The molecule has 1 atom stereocenters. The first-order valence-electron chi connectivity index (χ1n) is 8.57. The highest BCUT2D eigenvalue weighted by molar-refractivity contribution is 5.01. The molecule has 116 valence electrons. The van der Waals surface area contributed by atoms with Crippen molar-refractivity contribution in [1.82, 2.24) is 9.80 Å². The molecule has 1 saturated carbocycles. The highest BCUT2D eigenvalue weighted by Gasteiger charge is 2.43. The fourth-order valence-corrected chi connectivity index (χ4v) is 4.11. The predicted octanol–water partition coefficient (Wildman–Crippen LogP) is 1.04. The Morgan fingerprint density at radius 2 is 1.60 bits per heavy atom. The first kappa shape index (κ1) is 14.8. The molecule has 2 heterocycles. The van der Waals surface area contributed by atoms with Crippen LogP contribution in [0.4, 0.5) is 0 Å². The molecule has 20 heavy (non-hydrogen) atoms. The molecule has 3 aliphatic rings. The third kappa shape index (κ3) is 3.35. The van der Waals surface area contributed by atoms with Crippen molar-refractivity contribution < 1.29 is 5.11 Å². The maximum absolute atomic E-state index is 9.62. The minimum absolute atomic E-state index is 0.143. The van der Waals surface area contributed by atoms with Crippen molar-refractivity contribution in [2.24, 2.45) is 11.7 Å². The van der Waals surface area contributed by atoms with E-state index in [-0.39, 0.29) is 12.1 Å². The van der Waals surface area contributed by atoms with E-state index in [0.717, 1.165) is 25.7 Å². The van der Waals surface area contributed by atoms with Crippen LogP contribution in [0.15, 0.2) is 0 Å². The van der Waals surface area contributed by atoms with Crippen LogP contribution in [0.2, 0.25) is 0 Å². The fraction of sp³-hybridized carbons (Fsp3) is 1.00. The lowest BCUT2D eigenvalue weighted by Crippen LogP contribution is -2.57. The molecule has 0 aromatic carbocycles. The maximum Gasteiger partial charge on any atom is 0.0626 e. The molecule has 3 N–H and O–H groups in total. The first-order chi connectivity index (χ1) is 9.71. The van der Waals surface area contributed by atoms with Gasteiger partial charge in [0.25, 0.3) is 0 Å². The molecule has 3 fully saturated rings. The molecule has 0 amide bonds. The highest BCUT2D eigenvalue weighted by atomic mass is 16.3. The Labute approximate surface area is 123 Å². The van der Waals surface area contributed by atoms with Gasteiger partial charge in [0.05, 0.1) is 12.1 Å². The number of nitrogens with zero attached hydrogens (tertiary/aromatic N) is 2. The lowest BCUT2D eigenvalue weighted by molar-refractivity contribution is 0.0646. The summed E-state index contributed by atoms with van der Waals surface area (Å²) in [5.41, 5.74) is 6.07. The lowest BCUT2D eigenvalue weighted by Gasteiger charge is -2.42. The van der Waals surface area contributed by atoms with E-state index in [0.29, 0.717) is 5.92 Å². The molecule has 3 rings (SSSR count). The maximum atomic E-state index is 9.62. The van der Waals surface area contributed by atoms with Crippen molar-refractivity contribution in [2.75, 3.05) is 39.3 Å². The second kappa shape index (κ2) is 6.30. The van der Waals surface area contributed by atoms with Crippen molar-refractivity contribution in [3.05, 3.63) is 0 Å². The topological polar surface area (TPSA) is 52.7 Å². The predicted molar refractivity (Wildman–Crippen MR) is 81.6 cm³/mol. The molecule has 0 aromatic rings. The van der Waals surface area contributed by atoms with Crippen LogP contribution >= 0.6 is 0 Å². The summed E-state index contributed by atoms with van der Waals surface area (Å²) in [6.07, 6.45) is 9.18. The van der Waals surface area contributed by atoms with Gasteiger partial charge < -0.3 is 20.6 Å². The van der Waals surface area contributed by atoms with E-state index in [9.17, 15) is 5.11 Å². The Morgan fingerprint density at radius 1 is 0.950 bits per heavy atom. The van der Waals surface area contributed by atoms with Gasteiger partial charge in [0, 0.05) is 12.6 Å². The zero-order valence-corrected chi connectivity index (χ0v) is 12.8. The zero-order chi connectivity index (χ0) is 14.0. The standard InChI is InChI=1S/C16H31N3O/c17-16(13-20,14-4-5-14)12-18-10-6-15(7-11-18)19-8-2-1-3-9-19/h14-15,20H,1-13,17H2. The van der Waals surface area contributed by atoms with E-state index in [1.165, 1.54) is 58.0 Å². The minimum Gasteiger partial charge on any atom is -0.394 e. The normalized spacial score (nSPS) is 30.3. The van der Waals surface area contributed by atoms with Crippen LogP contribution in [0, 0.1) is 5.92 Å². The number of hydrogen-bond acceptors (Lipinski definition) is 4. The minimum atomic E-state index is -0.335. The second-order valence-electron chi connectivity index (χ2n) is 7.27. The Kier molecular flexibility index (Phi) is 4.65. The molecule has 1 unspecified atom stereocenters. The summed E-state index contributed by atoms with van der Waals surface area (Å²) in [6.45, 7) is 5.97. The highest BCUT2D eigenvalue weighted by Crippen LogP contribution is 2.38. The number of aliphatic hydroxyl groups is 1. The number of piperidine rings is 2. The van der Waals surface area contributed by atoms with Gasteiger partial charge in [-0.1, -0.05) is 6.42 Å². The first-order valence-corrected chi connectivity index (χ1v) is 8.57. The van der Waals surface area contributed by atoms with Gasteiger partial charge in [0.1, 0.15) is 0 Å². The van der Waals surface area contributed by atoms with Crippen molar-refractivity contribution in [3.63, 3.8) is 0 Å². The van der Waals surface area contributed by atoms with Gasteiger partial charge in [0.2, 0.25) is 0 Å². The summed E-state index contributed by atoms with van der Waals surface area (Å²) in [5, 5.41) is 9.62. The van der Waals surface area contributed by atoms with Crippen LogP contribution in [0.25, 0.3) is 0 Å². The summed E-state index contributed by atoms with van der Waals surface area (Å²) in [4.78, 5) is 5.21. The summed E-state index contributed by atoms with van der Waals surface area (Å²) in [7, 11) is 0. The van der Waals surface area contributed by atoms with Crippen LogP contribution in [0.3, 0.4) is 0 Å². The number of nitrogens with two attached hydrogens (primary N) is 1. The van der Waals surface area contributed by atoms with E-state index in [4.69, 9.17) is 5.73 Å². The van der Waals surface area contributed by atoms with E-state index in [2.05, 4.69) is 9.80 Å². The molecule has 2 saturated heterocycles. The lowest BCUT2D eigenvalue weighted by atomic mass is 9.92. The van der Waals surface area contributed by atoms with E-state index in [1.807, 2.05) is 0 Å². The zero-order valence-electron chi connectivity index (χ0n) is 12.8. The summed E-state index contributed by atoms with van der Waals surface area (Å²) >= 11 is 0. The van der Waals surface area contributed by atoms with Crippen molar-refractivity contribution in [3.8, 4) is 0 Å². The third-order valence-electron chi connectivity index (χ3n) is 5.67. The van der Waals surface area contributed by atoms with Crippen LogP contribution in [-0.2, 0) is 0 Å². The number of likely N-dealkylation sites (tertiary alicyclic amines) is 2. The smallest absolute Gasteiger partial charge is 0.0626 e. The molecular weight excluding hydrogens is 250 g/mol.